The normalized spacial score (nSPS) is 12.6. The predicted octanol–water partition coefficient (Wildman–Crippen LogP) is 5.66. The van der Waals surface area contributed by atoms with E-state index in [1.165, 1.54) is 0 Å². The zero-order valence-electron chi connectivity index (χ0n) is 13.6. The smallest absolute Gasteiger partial charge is 0.102 e. The Hall–Kier alpha value is -2.07. The zero-order chi connectivity index (χ0) is 17.5. The maximum absolute atomic E-state index is 6.37. The van der Waals surface area contributed by atoms with E-state index in [9.17, 15) is 0 Å². The number of hydrogen-bond acceptors (Lipinski definition) is 2. The van der Waals surface area contributed by atoms with Crippen LogP contribution < -0.4 is 0 Å². The van der Waals surface area contributed by atoms with Crippen LogP contribution in [0.25, 0.3) is 6.08 Å². The third-order valence-electron chi connectivity index (χ3n) is 3.75. The second-order valence-corrected chi connectivity index (χ2v) is 6.40. The fourth-order valence-corrected chi connectivity index (χ4v) is 3.04. The van der Waals surface area contributed by atoms with E-state index in [1.54, 1.807) is 18.6 Å². The Labute approximate surface area is 157 Å². The fourth-order valence-electron chi connectivity index (χ4n) is 2.51. The lowest BCUT2D eigenvalue weighted by Crippen LogP contribution is -2.12. The lowest BCUT2D eigenvalue weighted by atomic mass is 10.1. The molecule has 1 aromatic heterocycles. The molecule has 0 aliphatic carbocycles. The average molecular weight is 373 g/mol. The van der Waals surface area contributed by atoms with Crippen LogP contribution in [-0.2, 0) is 11.3 Å². The standard InChI is InChI=1S/C20H18Cl2N2O/c21-17-8-9-18(19(22)13-17)20(14-24-11-10-23-15-24)25-12-4-7-16-5-2-1-3-6-16/h1-11,13,15,20H,12,14H2/b7-4+. The van der Waals surface area contributed by atoms with Crippen LogP contribution in [-0.4, -0.2) is 16.2 Å². The van der Waals surface area contributed by atoms with Crippen LogP contribution in [0.1, 0.15) is 17.2 Å². The molecular formula is C20H18Cl2N2O. The highest BCUT2D eigenvalue weighted by atomic mass is 35.5. The summed E-state index contributed by atoms with van der Waals surface area (Å²) >= 11 is 12.4. The van der Waals surface area contributed by atoms with Crippen molar-refractivity contribution >= 4 is 29.3 Å². The van der Waals surface area contributed by atoms with Gasteiger partial charge in [-0.2, -0.15) is 0 Å². The molecule has 0 aliphatic heterocycles. The Morgan fingerprint density at radius 1 is 1.12 bits per heavy atom. The van der Waals surface area contributed by atoms with Gasteiger partial charge in [0.15, 0.2) is 0 Å². The molecular weight excluding hydrogens is 355 g/mol. The highest BCUT2D eigenvalue weighted by molar-refractivity contribution is 6.35. The van der Waals surface area contributed by atoms with E-state index in [0.29, 0.717) is 23.2 Å². The first-order valence-electron chi connectivity index (χ1n) is 7.96. The van der Waals surface area contributed by atoms with Crippen molar-refractivity contribution in [3.05, 3.63) is 94.5 Å². The second kappa shape index (κ2) is 8.86. The summed E-state index contributed by atoms with van der Waals surface area (Å²) in [6, 6.07) is 15.6. The van der Waals surface area contributed by atoms with Gasteiger partial charge in [0.05, 0.1) is 19.5 Å². The molecule has 5 heteroatoms. The summed E-state index contributed by atoms with van der Waals surface area (Å²) in [6.07, 6.45) is 9.26. The molecule has 3 nitrogen and oxygen atoms in total. The van der Waals surface area contributed by atoms with E-state index < -0.39 is 0 Å². The monoisotopic (exact) mass is 372 g/mol. The molecule has 3 aromatic rings. The van der Waals surface area contributed by atoms with Gasteiger partial charge in [-0.25, -0.2) is 4.98 Å². The Kier molecular flexibility index (Phi) is 6.29. The molecule has 25 heavy (non-hydrogen) atoms. The molecule has 128 valence electrons. The van der Waals surface area contributed by atoms with Gasteiger partial charge in [-0.1, -0.05) is 71.8 Å². The molecule has 0 amide bonds. The molecule has 0 spiro atoms. The molecule has 0 aliphatic rings. The number of halogens is 2. The summed E-state index contributed by atoms with van der Waals surface area (Å²) in [5.74, 6) is 0. The molecule has 0 fully saturated rings. The van der Waals surface area contributed by atoms with Crippen LogP contribution in [0, 0.1) is 0 Å². The molecule has 1 heterocycles. The highest BCUT2D eigenvalue weighted by Crippen LogP contribution is 2.29. The number of rotatable bonds is 7. The van der Waals surface area contributed by atoms with Crippen molar-refractivity contribution in [3.63, 3.8) is 0 Å². The Balaban J connectivity index is 1.71. The quantitative estimate of drug-likeness (QED) is 0.534. The second-order valence-electron chi connectivity index (χ2n) is 5.56. The van der Waals surface area contributed by atoms with E-state index >= 15 is 0 Å². The van der Waals surface area contributed by atoms with Gasteiger partial charge in [0.25, 0.3) is 0 Å². The van der Waals surface area contributed by atoms with Gasteiger partial charge < -0.3 is 9.30 Å². The van der Waals surface area contributed by atoms with Crippen molar-refractivity contribution in [3.8, 4) is 0 Å². The van der Waals surface area contributed by atoms with E-state index in [2.05, 4.69) is 17.1 Å². The molecule has 0 radical (unpaired) electrons. The largest absolute Gasteiger partial charge is 0.368 e. The fraction of sp³-hybridized carbons (Fsp3) is 0.150. The molecule has 3 rings (SSSR count). The summed E-state index contributed by atoms with van der Waals surface area (Å²) in [7, 11) is 0. The van der Waals surface area contributed by atoms with Crippen molar-refractivity contribution < 1.29 is 4.74 Å². The first kappa shape index (κ1) is 17.7. The SMILES string of the molecule is Clc1ccc(C(Cn2ccnc2)OC/C=C/c2ccccc2)c(Cl)c1. The van der Waals surface area contributed by atoms with E-state index in [1.807, 2.05) is 53.2 Å². The van der Waals surface area contributed by atoms with E-state index in [4.69, 9.17) is 27.9 Å². The summed E-state index contributed by atoms with van der Waals surface area (Å²) in [6.45, 7) is 1.10. The molecule has 2 aromatic carbocycles. The highest BCUT2D eigenvalue weighted by Gasteiger charge is 2.16. The first-order valence-corrected chi connectivity index (χ1v) is 8.72. The Bertz CT molecular complexity index is 817. The van der Waals surface area contributed by atoms with Gasteiger partial charge in [0, 0.05) is 28.0 Å². The summed E-state index contributed by atoms with van der Waals surface area (Å²) in [5, 5.41) is 1.21. The van der Waals surface area contributed by atoms with Crippen LogP contribution in [0.15, 0.2) is 73.3 Å². The van der Waals surface area contributed by atoms with E-state index in [-0.39, 0.29) is 6.10 Å². The van der Waals surface area contributed by atoms with Crippen molar-refractivity contribution in [2.24, 2.45) is 0 Å². The van der Waals surface area contributed by atoms with Crippen LogP contribution in [0.2, 0.25) is 10.0 Å². The van der Waals surface area contributed by atoms with Crippen molar-refractivity contribution in [1.29, 1.82) is 0 Å². The molecule has 0 saturated heterocycles. The number of ether oxygens (including phenoxy) is 1. The topological polar surface area (TPSA) is 27.1 Å². The van der Waals surface area contributed by atoms with Gasteiger partial charge in [0.1, 0.15) is 6.10 Å². The van der Waals surface area contributed by atoms with Gasteiger partial charge in [0.2, 0.25) is 0 Å². The minimum absolute atomic E-state index is 0.195. The number of nitrogens with zero attached hydrogens (tertiary/aromatic N) is 2. The molecule has 0 bridgehead atoms. The lowest BCUT2D eigenvalue weighted by molar-refractivity contribution is 0.0609. The summed E-state index contributed by atoms with van der Waals surface area (Å²) in [5.41, 5.74) is 2.05. The van der Waals surface area contributed by atoms with Crippen LogP contribution in [0.5, 0.6) is 0 Å². The Morgan fingerprint density at radius 2 is 1.96 bits per heavy atom. The molecule has 1 unspecified atom stereocenters. The number of hydrogen-bond donors (Lipinski definition) is 0. The van der Waals surface area contributed by atoms with Crippen molar-refractivity contribution in [2.75, 3.05) is 6.61 Å². The van der Waals surface area contributed by atoms with Gasteiger partial charge >= 0.3 is 0 Å². The first-order chi connectivity index (χ1) is 12.2. The third-order valence-corrected chi connectivity index (χ3v) is 4.31. The number of benzene rings is 2. The van der Waals surface area contributed by atoms with Gasteiger partial charge in [-0.15, -0.1) is 0 Å². The predicted molar refractivity (Wildman–Crippen MR) is 103 cm³/mol. The third kappa shape index (κ3) is 5.20. The maximum Gasteiger partial charge on any atom is 0.102 e. The maximum atomic E-state index is 6.37. The molecule has 1 atom stereocenters. The molecule has 0 saturated carbocycles. The van der Waals surface area contributed by atoms with Crippen LogP contribution in [0.4, 0.5) is 0 Å². The van der Waals surface area contributed by atoms with Crippen molar-refractivity contribution in [2.45, 2.75) is 12.6 Å². The number of aromatic nitrogens is 2. The minimum Gasteiger partial charge on any atom is -0.368 e. The zero-order valence-corrected chi connectivity index (χ0v) is 15.1. The average Bonchev–Trinajstić information content (AvgIpc) is 3.12. The minimum atomic E-state index is -0.195. The lowest BCUT2D eigenvalue weighted by Gasteiger charge is -2.19. The van der Waals surface area contributed by atoms with Crippen molar-refractivity contribution in [1.82, 2.24) is 9.55 Å². The number of imidazole rings is 1. The van der Waals surface area contributed by atoms with Crippen LogP contribution >= 0.6 is 23.2 Å². The van der Waals surface area contributed by atoms with Crippen LogP contribution in [0.3, 0.4) is 0 Å². The van der Waals surface area contributed by atoms with Gasteiger partial charge in [-0.05, 0) is 17.7 Å². The van der Waals surface area contributed by atoms with E-state index in [0.717, 1.165) is 11.1 Å². The summed E-state index contributed by atoms with van der Waals surface area (Å²) < 4.78 is 8.05. The summed E-state index contributed by atoms with van der Waals surface area (Å²) in [4.78, 5) is 4.08. The Morgan fingerprint density at radius 3 is 2.68 bits per heavy atom. The molecule has 0 N–H and O–H groups in total. The van der Waals surface area contributed by atoms with Gasteiger partial charge in [-0.3, -0.25) is 0 Å².